The molecule has 37 heavy (non-hydrogen) atoms. The number of Topliss-reactive ketones (excluding diaryl/α,β-unsaturated/α-hetero) is 1. The summed E-state index contributed by atoms with van der Waals surface area (Å²) in [6, 6.07) is 10.8. The zero-order valence-corrected chi connectivity index (χ0v) is 21.8. The fraction of sp³-hybridized carbons (Fsp3) is 0.259. The molecule has 10 heteroatoms. The van der Waals surface area contributed by atoms with Gasteiger partial charge in [-0.3, -0.25) is 14.5 Å². The highest BCUT2D eigenvalue weighted by atomic mass is 32.1. The van der Waals surface area contributed by atoms with E-state index in [2.05, 4.69) is 4.98 Å². The molecule has 2 heterocycles. The normalized spacial score (nSPS) is 16.7. The molecular weight excluding hydrogens is 496 g/mol. The Kier molecular flexibility index (Phi) is 7.30. The lowest BCUT2D eigenvalue weighted by atomic mass is 9.94. The first-order valence-electron chi connectivity index (χ1n) is 11.5. The summed E-state index contributed by atoms with van der Waals surface area (Å²) in [6.07, 6.45) is 0. The summed E-state index contributed by atoms with van der Waals surface area (Å²) in [5.74, 6) is -1.52. The summed E-state index contributed by atoms with van der Waals surface area (Å²) >= 11 is 0.951. The smallest absolute Gasteiger partial charge is 0.350 e. The van der Waals surface area contributed by atoms with Crippen LogP contribution in [0.15, 0.2) is 48.0 Å². The van der Waals surface area contributed by atoms with Crippen molar-refractivity contribution in [3.63, 3.8) is 0 Å². The largest absolute Gasteiger partial charge is 0.507 e. The topological polar surface area (TPSA) is 115 Å². The first-order valence-corrected chi connectivity index (χ1v) is 12.3. The lowest BCUT2D eigenvalue weighted by Gasteiger charge is -2.23. The summed E-state index contributed by atoms with van der Waals surface area (Å²) in [4.78, 5) is 45.1. The third kappa shape index (κ3) is 4.67. The number of hydrogen-bond donors (Lipinski definition) is 1. The minimum atomic E-state index is -1.02. The lowest BCUT2D eigenvalue weighted by Crippen LogP contribution is -2.29. The van der Waals surface area contributed by atoms with Gasteiger partial charge >= 0.3 is 11.9 Å². The average molecular weight is 523 g/mol. The van der Waals surface area contributed by atoms with Gasteiger partial charge < -0.3 is 19.3 Å². The molecule has 0 aliphatic carbocycles. The maximum atomic E-state index is 13.4. The van der Waals surface area contributed by atoms with Crippen LogP contribution in [-0.4, -0.2) is 48.6 Å². The Bertz CT molecular complexity index is 1430. The number of benzene rings is 2. The van der Waals surface area contributed by atoms with E-state index in [0.29, 0.717) is 28.3 Å². The number of hydrogen-bond acceptors (Lipinski definition) is 9. The van der Waals surface area contributed by atoms with Crippen LogP contribution in [-0.2, 0) is 14.3 Å². The van der Waals surface area contributed by atoms with E-state index in [4.69, 9.17) is 14.2 Å². The molecule has 2 aromatic carbocycles. The van der Waals surface area contributed by atoms with E-state index < -0.39 is 23.7 Å². The Hall–Kier alpha value is -4.18. The van der Waals surface area contributed by atoms with Gasteiger partial charge in [0.15, 0.2) is 5.13 Å². The quantitative estimate of drug-likeness (QED) is 0.208. The number of methoxy groups -OCH3 is 2. The first kappa shape index (κ1) is 25.9. The van der Waals surface area contributed by atoms with Crippen LogP contribution in [0.3, 0.4) is 0 Å². The number of ether oxygens (including phenoxy) is 3. The van der Waals surface area contributed by atoms with E-state index in [9.17, 15) is 19.5 Å². The number of aliphatic hydroxyl groups is 1. The molecule has 1 atom stereocenters. The predicted octanol–water partition coefficient (Wildman–Crippen LogP) is 4.58. The average Bonchev–Trinajstić information content (AvgIpc) is 3.40. The molecule has 1 fully saturated rings. The highest BCUT2D eigenvalue weighted by molar-refractivity contribution is 7.17. The van der Waals surface area contributed by atoms with Gasteiger partial charge in [0.2, 0.25) is 0 Å². The van der Waals surface area contributed by atoms with Crippen molar-refractivity contribution in [1.29, 1.82) is 0 Å². The van der Waals surface area contributed by atoms with Crippen molar-refractivity contribution >= 4 is 39.9 Å². The van der Waals surface area contributed by atoms with Crippen LogP contribution in [0.1, 0.15) is 45.0 Å². The van der Waals surface area contributed by atoms with E-state index in [1.165, 1.54) is 19.1 Å². The van der Waals surface area contributed by atoms with Crippen molar-refractivity contribution in [2.75, 3.05) is 25.7 Å². The number of aryl methyl sites for hydroxylation is 2. The number of aliphatic hydroxyl groups excluding tert-OH is 1. The van der Waals surface area contributed by atoms with Crippen LogP contribution in [0.2, 0.25) is 0 Å². The van der Waals surface area contributed by atoms with Gasteiger partial charge in [0.25, 0.3) is 5.78 Å². The van der Waals surface area contributed by atoms with Crippen LogP contribution in [0.4, 0.5) is 5.13 Å². The number of rotatable bonds is 7. The summed E-state index contributed by atoms with van der Waals surface area (Å²) < 4.78 is 15.8. The van der Waals surface area contributed by atoms with Gasteiger partial charge in [-0.15, -0.1) is 0 Å². The molecule has 1 aromatic heterocycles. The zero-order valence-electron chi connectivity index (χ0n) is 21.0. The van der Waals surface area contributed by atoms with Gasteiger partial charge in [-0.25, -0.2) is 9.78 Å². The number of thiazole rings is 1. The number of amides is 1. The molecule has 1 saturated heterocycles. The van der Waals surface area contributed by atoms with Crippen molar-refractivity contribution in [3.8, 4) is 11.5 Å². The third-order valence-corrected chi connectivity index (χ3v) is 7.11. The SMILES string of the molecule is CCOC(=O)c1sc(N2C(=O)C(=O)/C(=C(/O)c3ccc(OC)c(C)c3)[C@@H]2c2cccc(OC)c2)nc1C. The molecule has 3 aromatic rings. The third-order valence-electron chi connectivity index (χ3n) is 5.97. The van der Waals surface area contributed by atoms with E-state index in [1.54, 1.807) is 56.3 Å². The first-order chi connectivity index (χ1) is 17.7. The Morgan fingerprint density at radius 3 is 2.51 bits per heavy atom. The number of anilines is 1. The van der Waals surface area contributed by atoms with Gasteiger partial charge in [-0.1, -0.05) is 23.5 Å². The van der Waals surface area contributed by atoms with Crippen molar-refractivity contribution in [2.24, 2.45) is 0 Å². The molecule has 0 spiro atoms. The molecule has 192 valence electrons. The van der Waals surface area contributed by atoms with Crippen molar-refractivity contribution in [1.82, 2.24) is 4.98 Å². The van der Waals surface area contributed by atoms with Crippen LogP contribution in [0.25, 0.3) is 5.76 Å². The number of aromatic nitrogens is 1. The van der Waals surface area contributed by atoms with Gasteiger partial charge in [-0.05, 0) is 62.2 Å². The molecule has 0 radical (unpaired) electrons. The van der Waals surface area contributed by atoms with E-state index in [0.717, 1.165) is 16.9 Å². The van der Waals surface area contributed by atoms with E-state index in [1.807, 2.05) is 6.92 Å². The number of ketones is 1. The van der Waals surface area contributed by atoms with E-state index in [-0.39, 0.29) is 27.9 Å². The highest BCUT2D eigenvalue weighted by Gasteiger charge is 2.48. The number of carbonyl (C=O) groups is 3. The zero-order chi connectivity index (χ0) is 26.9. The van der Waals surface area contributed by atoms with Gasteiger partial charge in [0.1, 0.15) is 22.1 Å². The molecule has 1 N–H and O–H groups in total. The fourth-order valence-electron chi connectivity index (χ4n) is 4.21. The molecule has 1 aliphatic heterocycles. The van der Waals surface area contributed by atoms with Crippen LogP contribution < -0.4 is 14.4 Å². The number of nitrogens with zero attached hydrogens (tertiary/aromatic N) is 2. The minimum absolute atomic E-state index is 0.103. The molecule has 0 saturated carbocycles. The van der Waals surface area contributed by atoms with Crippen LogP contribution in [0.5, 0.6) is 11.5 Å². The molecule has 0 unspecified atom stereocenters. The van der Waals surface area contributed by atoms with Crippen LogP contribution >= 0.6 is 11.3 Å². The van der Waals surface area contributed by atoms with Gasteiger partial charge in [-0.2, -0.15) is 0 Å². The van der Waals surface area contributed by atoms with Gasteiger partial charge in [0, 0.05) is 5.56 Å². The molecular formula is C27H26N2O7S. The second kappa shape index (κ2) is 10.4. The summed E-state index contributed by atoms with van der Waals surface area (Å²) in [7, 11) is 3.04. The fourth-order valence-corrected chi connectivity index (χ4v) is 5.20. The van der Waals surface area contributed by atoms with Crippen molar-refractivity contribution in [3.05, 3.63) is 75.3 Å². The van der Waals surface area contributed by atoms with Crippen LogP contribution in [0, 0.1) is 13.8 Å². The summed E-state index contributed by atoms with van der Waals surface area (Å²) in [5, 5.41) is 11.5. The minimum Gasteiger partial charge on any atom is -0.507 e. The maximum absolute atomic E-state index is 13.4. The number of carbonyl (C=O) groups excluding carboxylic acids is 3. The maximum Gasteiger partial charge on any atom is 0.350 e. The molecule has 1 aliphatic rings. The molecule has 4 rings (SSSR count). The second-order valence-electron chi connectivity index (χ2n) is 8.26. The second-order valence-corrected chi connectivity index (χ2v) is 9.24. The summed E-state index contributed by atoms with van der Waals surface area (Å²) in [6.45, 7) is 5.31. The van der Waals surface area contributed by atoms with E-state index >= 15 is 0 Å². The molecule has 9 nitrogen and oxygen atoms in total. The Labute approximate surface area is 217 Å². The standard InChI is InChI=1S/C27H26N2O7S/c1-6-36-26(33)24-15(3)28-27(37-24)29-21(16-8-7-9-18(13-16)34-4)20(23(31)25(29)32)22(30)17-10-11-19(35-5)14(2)12-17/h7-13,21,30H,6H2,1-5H3/b22-20+/t21-/m0/s1. The predicted molar refractivity (Wildman–Crippen MR) is 138 cm³/mol. The summed E-state index contributed by atoms with van der Waals surface area (Å²) in [5.41, 5.74) is 1.89. The Morgan fingerprint density at radius 1 is 1.11 bits per heavy atom. The van der Waals surface area contributed by atoms with Gasteiger partial charge in [0.05, 0.1) is 38.1 Å². The monoisotopic (exact) mass is 522 g/mol. The number of esters is 1. The molecule has 1 amide bonds. The molecule has 0 bridgehead atoms. The lowest BCUT2D eigenvalue weighted by molar-refractivity contribution is -0.132. The van der Waals surface area contributed by atoms with Crippen molar-refractivity contribution in [2.45, 2.75) is 26.8 Å². The Morgan fingerprint density at radius 2 is 1.86 bits per heavy atom. The Balaban J connectivity index is 1.93. The van der Waals surface area contributed by atoms with Crippen molar-refractivity contribution < 1.29 is 33.7 Å². The highest BCUT2D eigenvalue weighted by Crippen LogP contribution is 2.44.